The van der Waals surface area contributed by atoms with E-state index in [1.165, 1.54) is 11.1 Å². The fourth-order valence-electron chi connectivity index (χ4n) is 2.64. The van der Waals surface area contributed by atoms with Crippen LogP contribution in [0.25, 0.3) is 11.6 Å². The molecule has 122 valence electrons. The maximum atomic E-state index is 11.4. The van der Waals surface area contributed by atoms with Crippen LogP contribution in [0.2, 0.25) is 0 Å². The van der Waals surface area contributed by atoms with E-state index in [2.05, 4.69) is 49.4 Å². The summed E-state index contributed by atoms with van der Waals surface area (Å²) < 4.78 is 0. The van der Waals surface area contributed by atoms with E-state index in [9.17, 15) is 4.79 Å². The first-order valence-corrected chi connectivity index (χ1v) is 8.33. The zero-order valence-electron chi connectivity index (χ0n) is 14.2. The highest BCUT2D eigenvalue weighted by molar-refractivity contribution is 6.01. The topological polar surface area (TPSA) is 17.1 Å². The standard InChI is InChI=1S/C24H20O/c1-19(21-10-6-3-7-11-21)18-23(22-14-16-24(25)17-15-22)13-12-20-8-4-2-5-9-20/h2-18H,1H3/b13-12+,19-18+. The van der Waals surface area contributed by atoms with Gasteiger partial charge in [0.15, 0.2) is 5.78 Å². The Bertz CT molecular complexity index is 874. The van der Waals surface area contributed by atoms with Gasteiger partial charge in [0.1, 0.15) is 0 Å². The summed E-state index contributed by atoms with van der Waals surface area (Å²) in [6.07, 6.45) is 13.3. The molecule has 1 aliphatic rings. The zero-order valence-corrected chi connectivity index (χ0v) is 14.2. The van der Waals surface area contributed by atoms with Crippen LogP contribution in [0.4, 0.5) is 0 Å². The Kier molecular flexibility index (Phi) is 5.38. The second-order valence-electron chi connectivity index (χ2n) is 5.92. The van der Waals surface area contributed by atoms with Gasteiger partial charge in [-0.2, -0.15) is 0 Å². The van der Waals surface area contributed by atoms with Crippen molar-refractivity contribution in [2.24, 2.45) is 0 Å². The molecule has 0 amide bonds. The van der Waals surface area contributed by atoms with Gasteiger partial charge >= 0.3 is 0 Å². The third-order valence-corrected chi connectivity index (χ3v) is 4.04. The SMILES string of the molecule is C/C(=C\C(/C=C/c1ccccc1)=C1C=CC(=O)C=C1)c1ccccc1. The van der Waals surface area contributed by atoms with Gasteiger partial charge in [-0.1, -0.05) is 91.0 Å². The van der Waals surface area contributed by atoms with Crippen molar-refractivity contribution in [3.05, 3.63) is 119 Å². The summed E-state index contributed by atoms with van der Waals surface area (Å²) in [7, 11) is 0. The highest BCUT2D eigenvalue weighted by Gasteiger charge is 2.04. The number of ketones is 1. The summed E-state index contributed by atoms with van der Waals surface area (Å²) in [6, 6.07) is 20.5. The van der Waals surface area contributed by atoms with E-state index < -0.39 is 0 Å². The summed E-state index contributed by atoms with van der Waals surface area (Å²) >= 11 is 0. The van der Waals surface area contributed by atoms with Crippen LogP contribution in [0.5, 0.6) is 0 Å². The van der Waals surface area contributed by atoms with Crippen LogP contribution in [-0.2, 0) is 4.79 Å². The number of hydrogen-bond donors (Lipinski definition) is 0. The van der Waals surface area contributed by atoms with E-state index in [0.717, 1.165) is 16.7 Å². The number of hydrogen-bond acceptors (Lipinski definition) is 1. The van der Waals surface area contributed by atoms with E-state index in [-0.39, 0.29) is 5.78 Å². The number of carbonyl (C=O) groups is 1. The Balaban J connectivity index is 2.00. The lowest BCUT2D eigenvalue weighted by Crippen LogP contribution is -1.94. The zero-order chi connectivity index (χ0) is 17.5. The van der Waals surface area contributed by atoms with Crippen molar-refractivity contribution in [3.8, 4) is 0 Å². The lowest BCUT2D eigenvalue weighted by molar-refractivity contribution is -0.110. The van der Waals surface area contributed by atoms with E-state index in [1.54, 1.807) is 12.2 Å². The number of carbonyl (C=O) groups excluding carboxylic acids is 1. The minimum Gasteiger partial charge on any atom is -0.290 e. The summed E-state index contributed by atoms with van der Waals surface area (Å²) in [6.45, 7) is 2.10. The number of allylic oxidation sites excluding steroid dienone is 9. The van der Waals surface area contributed by atoms with Crippen LogP contribution < -0.4 is 0 Å². The van der Waals surface area contributed by atoms with Crippen LogP contribution in [0, 0.1) is 0 Å². The molecule has 0 aromatic heterocycles. The lowest BCUT2D eigenvalue weighted by atomic mass is 9.97. The molecule has 0 saturated carbocycles. The van der Waals surface area contributed by atoms with Crippen molar-refractivity contribution in [1.82, 2.24) is 0 Å². The average Bonchev–Trinajstić information content (AvgIpc) is 2.67. The predicted octanol–water partition coefficient (Wildman–Crippen LogP) is 5.80. The number of rotatable bonds is 4. The van der Waals surface area contributed by atoms with Crippen LogP contribution in [0.15, 0.2) is 108 Å². The van der Waals surface area contributed by atoms with E-state index >= 15 is 0 Å². The minimum atomic E-state index is 0.0268. The molecule has 0 aliphatic heterocycles. The Morgan fingerprint density at radius 2 is 1.40 bits per heavy atom. The maximum Gasteiger partial charge on any atom is 0.178 e. The Hall–Kier alpha value is -3.19. The molecule has 0 fully saturated rings. The highest BCUT2D eigenvalue weighted by Crippen LogP contribution is 2.22. The van der Waals surface area contributed by atoms with Crippen LogP contribution in [0.3, 0.4) is 0 Å². The molecule has 0 N–H and O–H groups in total. The molecule has 1 heteroatoms. The summed E-state index contributed by atoms with van der Waals surface area (Å²) in [5.41, 5.74) is 5.62. The molecule has 0 atom stereocenters. The second kappa shape index (κ2) is 8.07. The molecule has 0 saturated heterocycles. The van der Waals surface area contributed by atoms with Crippen molar-refractivity contribution < 1.29 is 4.79 Å². The molecule has 3 rings (SSSR count). The normalized spacial score (nSPS) is 14.4. The van der Waals surface area contributed by atoms with Crippen LogP contribution in [-0.4, -0.2) is 5.78 Å². The number of benzene rings is 2. The third-order valence-electron chi connectivity index (χ3n) is 4.04. The van der Waals surface area contributed by atoms with Crippen molar-refractivity contribution in [2.75, 3.05) is 0 Å². The smallest absolute Gasteiger partial charge is 0.178 e. The molecule has 0 radical (unpaired) electrons. The Morgan fingerprint density at radius 1 is 0.800 bits per heavy atom. The first-order valence-electron chi connectivity index (χ1n) is 8.33. The highest BCUT2D eigenvalue weighted by atomic mass is 16.1. The first kappa shape index (κ1) is 16.7. The second-order valence-corrected chi connectivity index (χ2v) is 5.92. The van der Waals surface area contributed by atoms with Gasteiger partial charge in [-0.3, -0.25) is 4.79 Å². The molecule has 0 bridgehead atoms. The predicted molar refractivity (Wildman–Crippen MR) is 106 cm³/mol. The van der Waals surface area contributed by atoms with Crippen LogP contribution >= 0.6 is 0 Å². The summed E-state index contributed by atoms with van der Waals surface area (Å²) in [5, 5.41) is 0. The summed E-state index contributed by atoms with van der Waals surface area (Å²) in [5.74, 6) is 0.0268. The Morgan fingerprint density at radius 3 is 2.04 bits per heavy atom. The van der Waals surface area contributed by atoms with Gasteiger partial charge in [0.25, 0.3) is 0 Å². The van der Waals surface area contributed by atoms with Gasteiger partial charge in [0.2, 0.25) is 0 Å². The van der Waals surface area contributed by atoms with Gasteiger partial charge in [-0.25, -0.2) is 0 Å². The minimum absolute atomic E-state index is 0.0268. The molecule has 2 aromatic rings. The first-order chi connectivity index (χ1) is 12.2. The van der Waals surface area contributed by atoms with Crippen molar-refractivity contribution >= 4 is 17.4 Å². The molecular weight excluding hydrogens is 304 g/mol. The fraction of sp³-hybridized carbons (Fsp3) is 0.0417. The molecular formula is C24H20O. The molecule has 0 heterocycles. The molecule has 25 heavy (non-hydrogen) atoms. The van der Waals surface area contributed by atoms with Crippen LogP contribution in [0.1, 0.15) is 18.1 Å². The molecule has 1 nitrogen and oxygen atoms in total. The molecule has 0 unspecified atom stereocenters. The van der Waals surface area contributed by atoms with Gasteiger partial charge in [0, 0.05) is 0 Å². The average molecular weight is 324 g/mol. The Labute approximate surface area is 149 Å². The van der Waals surface area contributed by atoms with Gasteiger partial charge < -0.3 is 0 Å². The van der Waals surface area contributed by atoms with E-state index in [4.69, 9.17) is 0 Å². The molecule has 1 aliphatic carbocycles. The van der Waals surface area contributed by atoms with E-state index in [0.29, 0.717) is 0 Å². The monoisotopic (exact) mass is 324 g/mol. The van der Waals surface area contributed by atoms with Gasteiger partial charge in [-0.05, 0) is 46.9 Å². The molecule has 2 aromatic carbocycles. The van der Waals surface area contributed by atoms with Gasteiger partial charge in [-0.15, -0.1) is 0 Å². The fourth-order valence-corrected chi connectivity index (χ4v) is 2.64. The largest absolute Gasteiger partial charge is 0.290 e. The van der Waals surface area contributed by atoms with Crippen molar-refractivity contribution in [2.45, 2.75) is 6.92 Å². The maximum absolute atomic E-state index is 11.4. The van der Waals surface area contributed by atoms with Crippen molar-refractivity contribution in [3.63, 3.8) is 0 Å². The molecule has 0 spiro atoms. The van der Waals surface area contributed by atoms with E-state index in [1.807, 2.05) is 48.6 Å². The van der Waals surface area contributed by atoms with Crippen molar-refractivity contribution in [1.29, 1.82) is 0 Å². The third kappa shape index (κ3) is 4.65. The van der Waals surface area contributed by atoms with Gasteiger partial charge in [0.05, 0.1) is 0 Å². The quantitative estimate of drug-likeness (QED) is 0.695. The lowest BCUT2D eigenvalue weighted by Gasteiger charge is -2.07. The summed E-state index contributed by atoms with van der Waals surface area (Å²) in [4.78, 5) is 11.4.